The molecule has 1 heterocycles. The minimum atomic E-state index is -1.85. The van der Waals surface area contributed by atoms with Crippen molar-refractivity contribution < 1.29 is 19.2 Å². The maximum Gasteiger partial charge on any atom is 0.372 e. The molecular formula is C16H19N3O5. The van der Waals surface area contributed by atoms with Gasteiger partial charge in [-0.3, -0.25) is 14.9 Å². The number of methoxy groups -OCH3 is 2. The number of hydrogen-bond donors (Lipinski definition) is 0. The van der Waals surface area contributed by atoms with E-state index in [2.05, 4.69) is 9.98 Å². The second-order valence-corrected chi connectivity index (χ2v) is 5.44. The van der Waals surface area contributed by atoms with Crippen LogP contribution in [0.3, 0.4) is 0 Å². The summed E-state index contributed by atoms with van der Waals surface area (Å²) in [5, 5.41) is 12.0. The van der Waals surface area contributed by atoms with Crippen molar-refractivity contribution in [3.05, 3.63) is 46.0 Å². The molecule has 24 heavy (non-hydrogen) atoms. The van der Waals surface area contributed by atoms with Crippen molar-refractivity contribution in [2.45, 2.75) is 31.5 Å². The third kappa shape index (κ3) is 3.27. The van der Waals surface area contributed by atoms with Gasteiger partial charge in [0.2, 0.25) is 0 Å². The van der Waals surface area contributed by atoms with Gasteiger partial charge in [-0.2, -0.15) is 0 Å². The van der Waals surface area contributed by atoms with E-state index < -0.39 is 16.6 Å². The number of ether oxygens (including phenoxy) is 2. The third-order valence-electron chi connectivity index (χ3n) is 3.71. The van der Waals surface area contributed by atoms with Crippen molar-refractivity contribution in [3.8, 4) is 0 Å². The lowest BCUT2D eigenvalue weighted by atomic mass is 9.89. The molecule has 0 aromatic heterocycles. The number of nitrogens with zero attached hydrogens (tertiary/aromatic N) is 3. The van der Waals surface area contributed by atoms with Crippen LogP contribution >= 0.6 is 0 Å². The Hall–Kier alpha value is -2.77. The van der Waals surface area contributed by atoms with Gasteiger partial charge in [-0.05, 0) is 12.5 Å². The molecule has 0 spiro atoms. The highest BCUT2D eigenvalue weighted by molar-refractivity contribution is 6.10. The molecule has 0 saturated carbocycles. The summed E-state index contributed by atoms with van der Waals surface area (Å²) in [6.45, 7) is 1.41. The van der Waals surface area contributed by atoms with Crippen LogP contribution in [0.25, 0.3) is 0 Å². The molecule has 0 amide bonds. The molecule has 2 rings (SSSR count). The van der Waals surface area contributed by atoms with Crippen molar-refractivity contribution in [3.63, 3.8) is 0 Å². The monoisotopic (exact) mass is 333 g/mol. The first-order valence-corrected chi connectivity index (χ1v) is 7.36. The Morgan fingerprint density at radius 1 is 1.21 bits per heavy atom. The molecule has 1 aromatic rings. The average molecular weight is 333 g/mol. The van der Waals surface area contributed by atoms with Crippen molar-refractivity contribution in [1.82, 2.24) is 0 Å². The smallest absolute Gasteiger partial charge is 0.372 e. The third-order valence-corrected chi connectivity index (χ3v) is 3.71. The number of ketones is 1. The number of benzene rings is 1. The predicted molar refractivity (Wildman–Crippen MR) is 87.8 cm³/mol. The standard InChI is InChI=1S/C16H19N3O5/c1-11(20)9-13-17-14(23-2)16(19(21)22,15(18-13)24-3)10-12-7-5-4-6-8-12/h4-8,13H,9-10H2,1-3H3. The van der Waals surface area contributed by atoms with E-state index in [4.69, 9.17) is 9.47 Å². The van der Waals surface area contributed by atoms with E-state index in [0.29, 0.717) is 5.56 Å². The van der Waals surface area contributed by atoms with Gasteiger partial charge in [0, 0.05) is 11.3 Å². The van der Waals surface area contributed by atoms with Gasteiger partial charge in [-0.1, -0.05) is 30.3 Å². The molecule has 1 aliphatic rings. The van der Waals surface area contributed by atoms with Crippen molar-refractivity contribution in [2.75, 3.05) is 14.2 Å². The molecule has 0 aliphatic carbocycles. The van der Waals surface area contributed by atoms with Crippen molar-refractivity contribution in [1.29, 1.82) is 0 Å². The Balaban J connectivity index is 2.53. The van der Waals surface area contributed by atoms with Gasteiger partial charge in [-0.15, -0.1) is 0 Å². The zero-order chi connectivity index (χ0) is 17.7. The van der Waals surface area contributed by atoms with Gasteiger partial charge >= 0.3 is 5.54 Å². The second-order valence-electron chi connectivity index (χ2n) is 5.44. The second kappa shape index (κ2) is 7.20. The predicted octanol–water partition coefficient (Wildman–Crippen LogP) is 1.65. The molecule has 0 atom stereocenters. The van der Waals surface area contributed by atoms with Crippen LogP contribution in [0.1, 0.15) is 18.9 Å². The van der Waals surface area contributed by atoms with E-state index in [9.17, 15) is 14.9 Å². The van der Waals surface area contributed by atoms with E-state index in [1.165, 1.54) is 21.1 Å². The number of Topliss-reactive ketones (excluding diaryl/α,β-unsaturated/α-hetero) is 1. The lowest BCUT2D eigenvalue weighted by Gasteiger charge is -2.30. The summed E-state index contributed by atoms with van der Waals surface area (Å²) in [5.41, 5.74) is -1.13. The number of aliphatic imine (C=N–C) groups is 2. The van der Waals surface area contributed by atoms with E-state index in [1.807, 2.05) is 6.07 Å². The van der Waals surface area contributed by atoms with Gasteiger partial charge in [-0.25, -0.2) is 9.98 Å². The number of hydrogen-bond acceptors (Lipinski definition) is 7. The van der Waals surface area contributed by atoms with Crippen LogP contribution in [0.15, 0.2) is 40.3 Å². The van der Waals surface area contributed by atoms with Crippen LogP contribution in [0.4, 0.5) is 0 Å². The average Bonchev–Trinajstić information content (AvgIpc) is 2.55. The minimum Gasteiger partial charge on any atom is -0.479 e. The summed E-state index contributed by atoms with van der Waals surface area (Å²) in [5.74, 6) is -0.362. The molecule has 8 heteroatoms. The van der Waals surface area contributed by atoms with Gasteiger partial charge in [0.25, 0.3) is 11.8 Å². The number of rotatable bonds is 5. The molecule has 0 unspecified atom stereocenters. The zero-order valence-corrected chi connectivity index (χ0v) is 13.8. The van der Waals surface area contributed by atoms with Crippen LogP contribution in [-0.2, 0) is 20.7 Å². The Morgan fingerprint density at radius 3 is 2.17 bits per heavy atom. The fourth-order valence-corrected chi connectivity index (χ4v) is 2.66. The van der Waals surface area contributed by atoms with Gasteiger partial charge in [0.05, 0.1) is 20.6 Å². The SMILES string of the molecule is COC1=NC(CC(C)=O)N=C(OC)C1(Cc1ccccc1)[N+](=O)[O-]. The fourth-order valence-electron chi connectivity index (χ4n) is 2.66. The maximum atomic E-state index is 12.0. The van der Waals surface area contributed by atoms with Crippen molar-refractivity contribution in [2.24, 2.45) is 9.98 Å². The summed E-state index contributed by atoms with van der Waals surface area (Å²) in [6, 6.07) is 8.94. The van der Waals surface area contributed by atoms with Crippen LogP contribution in [0.2, 0.25) is 0 Å². The highest BCUT2D eigenvalue weighted by Gasteiger charge is 2.59. The minimum absolute atomic E-state index is 0.0209. The molecule has 1 aliphatic heterocycles. The lowest BCUT2D eigenvalue weighted by Crippen LogP contribution is -2.58. The molecular weight excluding hydrogens is 314 g/mol. The van der Waals surface area contributed by atoms with Crippen LogP contribution in [-0.4, -0.2) is 48.4 Å². The molecule has 0 saturated heterocycles. The lowest BCUT2D eigenvalue weighted by molar-refractivity contribution is -0.530. The van der Waals surface area contributed by atoms with Gasteiger partial charge in [0.1, 0.15) is 5.78 Å². The Kier molecular flexibility index (Phi) is 5.28. The normalized spacial score (nSPS) is 23.0. The summed E-state index contributed by atoms with van der Waals surface area (Å²) in [4.78, 5) is 31.1. The van der Waals surface area contributed by atoms with Gasteiger partial charge < -0.3 is 9.47 Å². The Bertz CT molecular complexity index is 662. The Labute approximate surface area is 139 Å². The summed E-state index contributed by atoms with van der Waals surface area (Å²) in [7, 11) is 2.62. The highest BCUT2D eigenvalue weighted by Crippen LogP contribution is 2.28. The summed E-state index contributed by atoms with van der Waals surface area (Å²) in [6.07, 6.45) is -0.775. The molecule has 0 N–H and O–H groups in total. The van der Waals surface area contributed by atoms with Crippen LogP contribution < -0.4 is 0 Å². The Morgan fingerprint density at radius 2 is 1.75 bits per heavy atom. The highest BCUT2D eigenvalue weighted by atomic mass is 16.6. The maximum absolute atomic E-state index is 12.0. The van der Waals surface area contributed by atoms with E-state index in [0.717, 1.165) is 0 Å². The van der Waals surface area contributed by atoms with Crippen LogP contribution in [0.5, 0.6) is 0 Å². The first-order valence-electron chi connectivity index (χ1n) is 7.36. The number of carbonyl (C=O) groups excluding carboxylic acids is 1. The molecule has 0 fully saturated rings. The fraction of sp³-hybridized carbons (Fsp3) is 0.438. The first kappa shape index (κ1) is 17.6. The van der Waals surface area contributed by atoms with E-state index in [-0.39, 0.29) is 30.4 Å². The number of carbonyl (C=O) groups is 1. The molecule has 128 valence electrons. The molecule has 8 nitrogen and oxygen atoms in total. The van der Waals surface area contributed by atoms with Crippen molar-refractivity contribution >= 4 is 17.6 Å². The summed E-state index contributed by atoms with van der Waals surface area (Å²) >= 11 is 0. The van der Waals surface area contributed by atoms with E-state index >= 15 is 0 Å². The van der Waals surface area contributed by atoms with E-state index in [1.54, 1.807) is 24.3 Å². The first-order chi connectivity index (χ1) is 11.4. The topological polar surface area (TPSA) is 103 Å². The largest absolute Gasteiger partial charge is 0.479 e. The van der Waals surface area contributed by atoms with Crippen LogP contribution in [0, 0.1) is 10.1 Å². The zero-order valence-electron chi connectivity index (χ0n) is 13.8. The molecule has 0 radical (unpaired) electrons. The quantitative estimate of drug-likeness (QED) is 0.602. The number of nitro groups is 1. The van der Waals surface area contributed by atoms with Gasteiger partial charge in [0.15, 0.2) is 6.17 Å². The molecule has 0 bridgehead atoms. The molecule has 1 aromatic carbocycles. The summed E-state index contributed by atoms with van der Waals surface area (Å²) < 4.78 is 10.4.